The van der Waals surface area contributed by atoms with Gasteiger partial charge in [0.2, 0.25) is 5.91 Å². The van der Waals surface area contributed by atoms with Crippen molar-refractivity contribution in [1.29, 1.82) is 0 Å². The molecule has 0 spiro atoms. The Morgan fingerprint density at radius 3 is 2.19 bits per heavy atom. The summed E-state index contributed by atoms with van der Waals surface area (Å²) in [5, 5.41) is 4.10. The Kier molecular flexibility index (Phi) is 4.63. The Hall–Kier alpha value is -2.96. The van der Waals surface area contributed by atoms with Gasteiger partial charge in [-0.25, -0.2) is 0 Å². The minimum absolute atomic E-state index is 0.207. The predicted molar refractivity (Wildman–Crippen MR) is 95.3 cm³/mol. The molecule has 1 unspecified atom stereocenters. The van der Waals surface area contributed by atoms with Crippen LogP contribution in [0.5, 0.6) is 0 Å². The molecule has 1 aromatic carbocycles. The van der Waals surface area contributed by atoms with Crippen molar-refractivity contribution in [2.24, 2.45) is 13.0 Å². The van der Waals surface area contributed by atoms with Crippen molar-refractivity contribution in [2.75, 3.05) is 7.05 Å². The summed E-state index contributed by atoms with van der Waals surface area (Å²) < 4.78 is 1.66. The molecule has 1 aromatic heterocycles. The Labute approximate surface area is 152 Å². The maximum Gasteiger partial charge on any atom is 0.262 e. The molecule has 2 heterocycles. The van der Waals surface area contributed by atoms with Gasteiger partial charge in [0.15, 0.2) is 0 Å². The van der Waals surface area contributed by atoms with Crippen molar-refractivity contribution < 1.29 is 14.4 Å². The summed E-state index contributed by atoms with van der Waals surface area (Å²) in [6, 6.07) is 5.83. The van der Waals surface area contributed by atoms with Crippen LogP contribution in [0.1, 0.15) is 40.1 Å². The second-order valence-electron chi connectivity index (χ2n) is 6.93. The molecule has 0 fully saturated rings. The number of carbonyl (C=O) groups is 3. The van der Waals surface area contributed by atoms with Crippen molar-refractivity contribution in [1.82, 2.24) is 19.6 Å². The zero-order valence-electron chi connectivity index (χ0n) is 15.3. The zero-order valence-corrected chi connectivity index (χ0v) is 15.3. The Morgan fingerprint density at radius 2 is 1.73 bits per heavy atom. The molecule has 7 heteroatoms. The van der Waals surface area contributed by atoms with E-state index >= 15 is 0 Å². The standard InChI is InChI=1S/C19H22N4O3/c1-12(2)16(19(26)21(3)10-13-9-20-22(4)11-13)23-17(24)14-7-5-6-8-15(14)18(23)25/h5-9,11-12,16H,10H2,1-4H3. The van der Waals surface area contributed by atoms with E-state index in [4.69, 9.17) is 0 Å². The number of rotatable bonds is 5. The fourth-order valence-electron chi connectivity index (χ4n) is 3.29. The number of hydrogen-bond acceptors (Lipinski definition) is 4. The molecular formula is C19H22N4O3. The number of imide groups is 1. The summed E-state index contributed by atoms with van der Waals surface area (Å²) >= 11 is 0. The lowest BCUT2D eigenvalue weighted by molar-refractivity contribution is -0.136. The van der Waals surface area contributed by atoms with Crippen molar-refractivity contribution in [3.63, 3.8) is 0 Å². The SMILES string of the molecule is CC(C)C(C(=O)N(C)Cc1cnn(C)c1)N1C(=O)c2ccccc2C1=O. The minimum atomic E-state index is -0.843. The number of likely N-dealkylation sites (N-methyl/N-ethyl adjacent to an activating group) is 1. The van der Waals surface area contributed by atoms with Gasteiger partial charge in [0.1, 0.15) is 6.04 Å². The van der Waals surface area contributed by atoms with Gasteiger partial charge in [-0.15, -0.1) is 0 Å². The van der Waals surface area contributed by atoms with Crippen LogP contribution in [0.25, 0.3) is 0 Å². The summed E-state index contributed by atoms with van der Waals surface area (Å²) in [5.74, 6) is -1.29. The highest BCUT2D eigenvalue weighted by Crippen LogP contribution is 2.28. The number of fused-ring (bicyclic) bond motifs is 1. The Bertz CT molecular complexity index is 836. The van der Waals surface area contributed by atoms with E-state index in [0.717, 1.165) is 10.5 Å². The topological polar surface area (TPSA) is 75.5 Å². The minimum Gasteiger partial charge on any atom is -0.340 e. The third-order valence-corrected chi connectivity index (χ3v) is 4.54. The number of nitrogens with zero attached hydrogens (tertiary/aromatic N) is 4. The Balaban J connectivity index is 1.86. The van der Waals surface area contributed by atoms with Crippen molar-refractivity contribution in [2.45, 2.75) is 26.4 Å². The number of carbonyl (C=O) groups excluding carboxylic acids is 3. The summed E-state index contributed by atoms with van der Waals surface area (Å²) in [7, 11) is 3.48. The van der Waals surface area contributed by atoms with Gasteiger partial charge in [-0.1, -0.05) is 26.0 Å². The highest BCUT2D eigenvalue weighted by atomic mass is 16.2. The number of hydrogen-bond donors (Lipinski definition) is 0. The van der Waals surface area contributed by atoms with Crippen molar-refractivity contribution >= 4 is 17.7 Å². The van der Waals surface area contributed by atoms with E-state index in [-0.39, 0.29) is 11.8 Å². The van der Waals surface area contributed by atoms with Gasteiger partial charge in [-0.05, 0) is 18.1 Å². The number of aryl methyl sites for hydroxylation is 1. The van der Waals surface area contributed by atoms with Crippen molar-refractivity contribution in [3.8, 4) is 0 Å². The van der Waals surface area contributed by atoms with Gasteiger partial charge >= 0.3 is 0 Å². The first-order chi connectivity index (χ1) is 12.3. The quantitative estimate of drug-likeness (QED) is 0.766. The van der Waals surface area contributed by atoms with Crippen LogP contribution in [0.4, 0.5) is 0 Å². The van der Waals surface area contributed by atoms with Gasteiger partial charge in [-0.3, -0.25) is 24.0 Å². The molecule has 0 N–H and O–H groups in total. The number of amides is 3. The summed E-state index contributed by atoms with van der Waals surface area (Å²) in [6.07, 6.45) is 3.52. The van der Waals surface area contributed by atoms with Gasteiger partial charge in [0.25, 0.3) is 11.8 Å². The first kappa shape index (κ1) is 17.8. The monoisotopic (exact) mass is 354 g/mol. The van der Waals surface area contributed by atoms with Crippen LogP contribution in [0.15, 0.2) is 36.7 Å². The molecule has 26 heavy (non-hydrogen) atoms. The second-order valence-corrected chi connectivity index (χ2v) is 6.93. The van der Waals surface area contributed by atoms with Gasteiger partial charge in [-0.2, -0.15) is 5.10 Å². The van der Waals surface area contributed by atoms with Gasteiger partial charge in [0.05, 0.1) is 17.3 Å². The molecule has 3 rings (SSSR count). The maximum atomic E-state index is 13.1. The third kappa shape index (κ3) is 3.00. The van der Waals surface area contributed by atoms with E-state index in [0.29, 0.717) is 17.7 Å². The Morgan fingerprint density at radius 1 is 1.15 bits per heavy atom. The lowest BCUT2D eigenvalue weighted by atomic mass is 10.0. The molecule has 1 aliphatic rings. The molecule has 2 aromatic rings. The molecule has 0 bridgehead atoms. The second kappa shape index (κ2) is 6.74. The molecule has 3 amide bonds. The van der Waals surface area contributed by atoms with Crippen LogP contribution in [0.3, 0.4) is 0 Å². The highest BCUT2D eigenvalue weighted by molar-refractivity contribution is 6.22. The van der Waals surface area contributed by atoms with Crippen LogP contribution in [-0.4, -0.2) is 50.4 Å². The number of benzene rings is 1. The molecule has 136 valence electrons. The summed E-state index contributed by atoms with van der Waals surface area (Å²) in [6.45, 7) is 4.03. The lowest BCUT2D eigenvalue weighted by Gasteiger charge is -2.31. The molecule has 0 saturated heterocycles. The van der Waals surface area contributed by atoms with Crippen LogP contribution < -0.4 is 0 Å². The van der Waals surface area contributed by atoms with Crippen LogP contribution in [-0.2, 0) is 18.4 Å². The third-order valence-electron chi connectivity index (χ3n) is 4.54. The van der Waals surface area contributed by atoms with Crippen LogP contribution >= 0.6 is 0 Å². The van der Waals surface area contributed by atoms with E-state index in [1.54, 1.807) is 49.2 Å². The average molecular weight is 354 g/mol. The zero-order chi connectivity index (χ0) is 19.0. The predicted octanol–water partition coefficient (Wildman–Crippen LogP) is 1.70. The van der Waals surface area contributed by atoms with Crippen LogP contribution in [0, 0.1) is 5.92 Å². The van der Waals surface area contributed by atoms with Gasteiger partial charge in [0, 0.05) is 32.4 Å². The van der Waals surface area contributed by atoms with E-state index in [1.807, 2.05) is 20.0 Å². The lowest BCUT2D eigenvalue weighted by Crippen LogP contribution is -2.52. The van der Waals surface area contributed by atoms with Gasteiger partial charge < -0.3 is 4.90 Å². The molecule has 0 aliphatic carbocycles. The maximum absolute atomic E-state index is 13.1. The molecule has 0 radical (unpaired) electrons. The normalized spacial score (nSPS) is 14.7. The first-order valence-electron chi connectivity index (χ1n) is 8.50. The summed E-state index contributed by atoms with van der Waals surface area (Å²) in [5.41, 5.74) is 1.59. The van der Waals surface area contributed by atoms with Crippen molar-refractivity contribution in [3.05, 3.63) is 53.3 Å². The van der Waals surface area contributed by atoms with E-state index in [2.05, 4.69) is 5.10 Å². The molecule has 1 atom stereocenters. The molecule has 1 aliphatic heterocycles. The van der Waals surface area contributed by atoms with E-state index < -0.39 is 17.9 Å². The molecule has 0 saturated carbocycles. The number of aromatic nitrogens is 2. The molecular weight excluding hydrogens is 332 g/mol. The highest BCUT2D eigenvalue weighted by Gasteiger charge is 2.44. The smallest absolute Gasteiger partial charge is 0.262 e. The average Bonchev–Trinajstić information content (AvgIpc) is 3.11. The largest absolute Gasteiger partial charge is 0.340 e. The first-order valence-corrected chi connectivity index (χ1v) is 8.50. The van der Waals surface area contributed by atoms with E-state index in [9.17, 15) is 14.4 Å². The van der Waals surface area contributed by atoms with Crippen LogP contribution in [0.2, 0.25) is 0 Å². The molecule has 7 nitrogen and oxygen atoms in total. The fourth-order valence-corrected chi connectivity index (χ4v) is 3.29. The van der Waals surface area contributed by atoms with E-state index in [1.165, 1.54) is 4.90 Å². The fraction of sp³-hybridized carbons (Fsp3) is 0.368. The summed E-state index contributed by atoms with van der Waals surface area (Å²) in [4.78, 5) is 41.2.